The molecule has 0 aromatic heterocycles. The van der Waals surface area contributed by atoms with Gasteiger partial charge in [-0.25, -0.2) is 0 Å². The molecule has 29 heavy (non-hydrogen) atoms. The number of amides is 1. The normalized spacial score (nSPS) is 18.7. The Bertz CT molecular complexity index is 1070. The minimum atomic E-state index is -0.576. The fraction of sp³-hybridized carbons (Fsp3) is 0.292. The summed E-state index contributed by atoms with van der Waals surface area (Å²) in [4.78, 5) is 17.5. The second-order valence-electron chi connectivity index (χ2n) is 7.98. The van der Waals surface area contributed by atoms with Crippen LogP contribution in [0.25, 0.3) is 10.8 Å². The zero-order chi connectivity index (χ0) is 20.0. The number of carbonyl (C=O) groups is 1. The van der Waals surface area contributed by atoms with Crippen LogP contribution >= 0.6 is 15.9 Å². The van der Waals surface area contributed by atoms with E-state index in [0.29, 0.717) is 5.56 Å². The van der Waals surface area contributed by atoms with Crippen molar-refractivity contribution in [3.63, 3.8) is 0 Å². The van der Waals surface area contributed by atoms with E-state index < -0.39 is 5.72 Å². The molecule has 5 rings (SSSR count). The zero-order valence-corrected chi connectivity index (χ0v) is 18.0. The number of rotatable bonds is 2. The molecular formula is C24H23BrN2O2. The number of carbonyl (C=O) groups excluding carboxylic acids is 1. The van der Waals surface area contributed by atoms with E-state index in [0.717, 1.165) is 53.5 Å². The van der Waals surface area contributed by atoms with Gasteiger partial charge in [-0.2, -0.15) is 0 Å². The van der Waals surface area contributed by atoms with Gasteiger partial charge < -0.3 is 9.64 Å². The van der Waals surface area contributed by atoms with Crippen LogP contribution in [0.1, 0.15) is 28.8 Å². The minimum Gasteiger partial charge on any atom is -0.466 e. The zero-order valence-electron chi connectivity index (χ0n) is 16.4. The Balaban J connectivity index is 1.44. The van der Waals surface area contributed by atoms with Gasteiger partial charge in [0.15, 0.2) is 5.72 Å². The first-order valence-corrected chi connectivity index (χ1v) is 10.8. The molecule has 0 N–H and O–H groups in total. The molecule has 1 fully saturated rings. The fourth-order valence-corrected chi connectivity index (χ4v) is 4.87. The second-order valence-corrected chi connectivity index (χ2v) is 8.90. The van der Waals surface area contributed by atoms with Crippen LogP contribution in [0.5, 0.6) is 5.75 Å². The van der Waals surface area contributed by atoms with Crippen LogP contribution in [-0.2, 0) is 6.54 Å². The molecule has 0 aliphatic carbocycles. The van der Waals surface area contributed by atoms with Gasteiger partial charge in [0.05, 0.1) is 5.56 Å². The highest BCUT2D eigenvalue weighted by molar-refractivity contribution is 9.10. The lowest BCUT2D eigenvalue weighted by atomic mass is 9.93. The number of piperidine rings is 1. The molecule has 0 atom stereocenters. The topological polar surface area (TPSA) is 32.8 Å². The van der Waals surface area contributed by atoms with E-state index in [-0.39, 0.29) is 5.91 Å². The second kappa shape index (κ2) is 7.15. The first-order chi connectivity index (χ1) is 14.1. The van der Waals surface area contributed by atoms with Crippen LogP contribution in [0.2, 0.25) is 0 Å². The lowest BCUT2D eigenvalue weighted by Crippen LogP contribution is -2.61. The first-order valence-electron chi connectivity index (χ1n) is 10.0. The average molecular weight is 451 g/mol. The number of likely N-dealkylation sites (tertiary alicyclic amines) is 1. The van der Waals surface area contributed by atoms with Gasteiger partial charge in [0.25, 0.3) is 5.91 Å². The number of hydrogen-bond acceptors (Lipinski definition) is 3. The molecule has 3 aromatic rings. The number of fused-ring (bicyclic) bond motifs is 3. The Labute approximate surface area is 179 Å². The molecule has 2 aliphatic rings. The predicted molar refractivity (Wildman–Crippen MR) is 118 cm³/mol. The van der Waals surface area contributed by atoms with Crippen molar-refractivity contribution in [2.45, 2.75) is 25.1 Å². The largest absolute Gasteiger partial charge is 0.466 e. The summed E-state index contributed by atoms with van der Waals surface area (Å²) in [5, 5.41) is 2.07. The van der Waals surface area contributed by atoms with Crippen molar-refractivity contribution in [3.8, 4) is 5.75 Å². The monoisotopic (exact) mass is 450 g/mol. The van der Waals surface area contributed by atoms with E-state index in [1.54, 1.807) is 0 Å². The van der Waals surface area contributed by atoms with E-state index >= 15 is 0 Å². The van der Waals surface area contributed by atoms with Crippen LogP contribution < -0.4 is 4.74 Å². The number of ether oxygens (including phenoxy) is 1. The van der Waals surface area contributed by atoms with Crippen molar-refractivity contribution < 1.29 is 9.53 Å². The molecule has 0 unspecified atom stereocenters. The summed E-state index contributed by atoms with van der Waals surface area (Å²) >= 11 is 3.56. The van der Waals surface area contributed by atoms with E-state index in [4.69, 9.17) is 4.74 Å². The molecule has 4 nitrogen and oxygen atoms in total. The summed E-state index contributed by atoms with van der Waals surface area (Å²) in [6, 6.07) is 20.5. The van der Waals surface area contributed by atoms with Gasteiger partial charge in [0, 0.05) is 49.4 Å². The Hall–Kier alpha value is -2.37. The molecular weight excluding hydrogens is 428 g/mol. The molecule has 1 saturated heterocycles. The minimum absolute atomic E-state index is 0.0460. The molecule has 5 heteroatoms. The van der Waals surface area contributed by atoms with Gasteiger partial charge in [0.2, 0.25) is 0 Å². The average Bonchev–Trinajstić information content (AvgIpc) is 2.74. The van der Waals surface area contributed by atoms with Gasteiger partial charge >= 0.3 is 0 Å². The van der Waals surface area contributed by atoms with Crippen molar-refractivity contribution >= 4 is 32.6 Å². The highest BCUT2D eigenvalue weighted by atomic mass is 79.9. The van der Waals surface area contributed by atoms with Crippen molar-refractivity contribution in [2.24, 2.45) is 0 Å². The fourth-order valence-electron chi connectivity index (χ4n) is 4.51. The Morgan fingerprint density at radius 1 is 1.03 bits per heavy atom. The number of nitrogens with zero attached hydrogens (tertiary/aromatic N) is 2. The molecule has 2 heterocycles. The summed E-state index contributed by atoms with van der Waals surface area (Å²) < 4.78 is 7.65. The first kappa shape index (κ1) is 18.6. The van der Waals surface area contributed by atoms with E-state index in [9.17, 15) is 4.79 Å². The Kier molecular flexibility index (Phi) is 4.60. The third-order valence-electron chi connectivity index (χ3n) is 6.26. The molecule has 1 spiro atoms. The third kappa shape index (κ3) is 3.22. The van der Waals surface area contributed by atoms with E-state index in [1.807, 2.05) is 42.3 Å². The lowest BCUT2D eigenvalue weighted by molar-refractivity contribution is -0.101. The summed E-state index contributed by atoms with van der Waals surface area (Å²) in [5.74, 6) is 0.771. The predicted octanol–water partition coefficient (Wildman–Crippen LogP) is 5.06. The van der Waals surface area contributed by atoms with Crippen LogP contribution in [-0.4, -0.2) is 41.6 Å². The summed E-state index contributed by atoms with van der Waals surface area (Å²) in [6.45, 7) is 2.73. The summed E-state index contributed by atoms with van der Waals surface area (Å²) in [5.41, 5.74) is 1.39. The van der Waals surface area contributed by atoms with Gasteiger partial charge in [-0.3, -0.25) is 9.69 Å². The van der Waals surface area contributed by atoms with E-state index in [2.05, 4.69) is 51.2 Å². The van der Waals surface area contributed by atoms with Crippen LogP contribution in [0.15, 0.2) is 65.1 Å². The van der Waals surface area contributed by atoms with Gasteiger partial charge in [-0.05, 0) is 29.1 Å². The number of hydrogen-bond donors (Lipinski definition) is 0. The van der Waals surface area contributed by atoms with Crippen LogP contribution in [0, 0.1) is 0 Å². The maximum Gasteiger partial charge on any atom is 0.260 e. The Morgan fingerprint density at radius 2 is 1.76 bits per heavy atom. The Morgan fingerprint density at radius 3 is 2.52 bits per heavy atom. The van der Waals surface area contributed by atoms with Crippen molar-refractivity contribution in [2.75, 3.05) is 20.1 Å². The van der Waals surface area contributed by atoms with Crippen molar-refractivity contribution in [3.05, 3.63) is 76.3 Å². The smallest absolute Gasteiger partial charge is 0.260 e. The third-order valence-corrected chi connectivity index (χ3v) is 6.75. The van der Waals surface area contributed by atoms with Gasteiger partial charge in [-0.1, -0.05) is 58.4 Å². The standard InChI is InChI=1S/C24H23BrN2O2/c1-26-23(28)20-10-8-18-7-9-19(25)15-21(18)22(20)29-24(26)11-13-27(14-12-24)16-17-5-3-2-4-6-17/h2-10,15H,11-14,16H2,1H3. The lowest BCUT2D eigenvalue weighted by Gasteiger charge is -2.49. The quantitative estimate of drug-likeness (QED) is 0.546. The molecule has 0 bridgehead atoms. The van der Waals surface area contributed by atoms with Crippen molar-refractivity contribution in [1.29, 1.82) is 0 Å². The molecule has 0 radical (unpaired) electrons. The van der Waals surface area contributed by atoms with Gasteiger partial charge in [-0.15, -0.1) is 0 Å². The van der Waals surface area contributed by atoms with Crippen LogP contribution in [0.3, 0.4) is 0 Å². The summed E-state index contributed by atoms with van der Waals surface area (Å²) in [6.07, 6.45) is 1.60. The van der Waals surface area contributed by atoms with Gasteiger partial charge in [0.1, 0.15) is 5.75 Å². The van der Waals surface area contributed by atoms with Crippen molar-refractivity contribution in [1.82, 2.24) is 9.80 Å². The number of benzene rings is 3. The summed E-state index contributed by atoms with van der Waals surface area (Å²) in [7, 11) is 1.88. The molecule has 148 valence electrons. The molecule has 2 aliphatic heterocycles. The SMILES string of the molecule is CN1C(=O)c2ccc3ccc(Br)cc3c2OC12CCN(Cc1ccccc1)CC2. The number of halogens is 1. The molecule has 0 saturated carbocycles. The maximum absolute atomic E-state index is 13.2. The molecule has 1 amide bonds. The highest BCUT2D eigenvalue weighted by Gasteiger charge is 2.47. The van der Waals surface area contributed by atoms with E-state index in [1.165, 1.54) is 5.56 Å². The van der Waals surface area contributed by atoms with Crippen LogP contribution in [0.4, 0.5) is 0 Å². The molecule has 3 aromatic carbocycles. The maximum atomic E-state index is 13.2. The highest BCUT2D eigenvalue weighted by Crippen LogP contribution is 2.43.